The monoisotopic (exact) mass is 354 g/mol. The minimum atomic E-state index is -3.63. The average molecular weight is 355 g/mol. The normalized spacial score (nSPS) is 11.4. The van der Waals surface area contributed by atoms with Crippen molar-refractivity contribution in [1.29, 1.82) is 0 Å². The van der Waals surface area contributed by atoms with Crippen molar-refractivity contribution in [2.24, 2.45) is 5.14 Å². The lowest BCUT2D eigenvalue weighted by Crippen LogP contribution is -2.17. The maximum Gasteiger partial charge on any atom is 0.238 e. The molecule has 0 amide bonds. The molecular formula is C16H19ClN2O3S. The fraction of sp³-hybridized carbons (Fsp3) is 0.250. The molecule has 0 aromatic heterocycles. The van der Waals surface area contributed by atoms with Gasteiger partial charge in [0, 0.05) is 17.1 Å². The highest BCUT2D eigenvalue weighted by atomic mass is 35.5. The van der Waals surface area contributed by atoms with Crippen molar-refractivity contribution in [2.45, 2.75) is 17.9 Å². The van der Waals surface area contributed by atoms with E-state index in [0.717, 1.165) is 29.8 Å². The third-order valence-corrected chi connectivity index (χ3v) is 4.56. The molecule has 0 saturated heterocycles. The topological polar surface area (TPSA) is 81.4 Å². The van der Waals surface area contributed by atoms with Crippen molar-refractivity contribution in [1.82, 2.24) is 5.32 Å². The Bertz CT molecular complexity index is 761. The Morgan fingerprint density at radius 1 is 1.17 bits per heavy atom. The van der Waals surface area contributed by atoms with Crippen molar-refractivity contribution in [3.63, 3.8) is 0 Å². The first-order valence-corrected chi connectivity index (χ1v) is 8.97. The molecule has 124 valence electrons. The van der Waals surface area contributed by atoms with Crippen LogP contribution in [0.1, 0.15) is 11.1 Å². The molecule has 0 saturated carbocycles. The fourth-order valence-electron chi connectivity index (χ4n) is 2.19. The summed E-state index contributed by atoms with van der Waals surface area (Å²) in [5.74, 6) is 0.791. The summed E-state index contributed by atoms with van der Waals surface area (Å²) in [5.41, 5.74) is 2.02. The van der Waals surface area contributed by atoms with Crippen LogP contribution >= 0.6 is 11.6 Å². The molecule has 0 heterocycles. The Morgan fingerprint density at radius 2 is 1.87 bits per heavy atom. The Hall–Kier alpha value is -1.60. The van der Waals surface area contributed by atoms with Gasteiger partial charge in [0.15, 0.2) is 0 Å². The molecule has 0 atom stereocenters. The first kappa shape index (κ1) is 17.7. The molecule has 0 bridgehead atoms. The quantitative estimate of drug-likeness (QED) is 0.748. The highest BCUT2D eigenvalue weighted by Gasteiger charge is 2.07. The minimum Gasteiger partial charge on any atom is -0.496 e. The van der Waals surface area contributed by atoms with Gasteiger partial charge < -0.3 is 10.1 Å². The zero-order valence-corrected chi connectivity index (χ0v) is 14.3. The van der Waals surface area contributed by atoms with Gasteiger partial charge in [-0.05, 0) is 48.9 Å². The van der Waals surface area contributed by atoms with Crippen LogP contribution in [0.5, 0.6) is 5.75 Å². The van der Waals surface area contributed by atoms with E-state index in [1.54, 1.807) is 25.3 Å². The zero-order chi connectivity index (χ0) is 16.9. The molecule has 0 aliphatic carbocycles. The maximum atomic E-state index is 11.2. The van der Waals surface area contributed by atoms with E-state index in [1.165, 1.54) is 12.1 Å². The van der Waals surface area contributed by atoms with Gasteiger partial charge >= 0.3 is 0 Å². The number of primary sulfonamides is 1. The highest BCUT2D eigenvalue weighted by Crippen LogP contribution is 2.22. The van der Waals surface area contributed by atoms with E-state index in [9.17, 15) is 8.42 Å². The molecule has 0 unspecified atom stereocenters. The second-order valence-electron chi connectivity index (χ2n) is 5.07. The Balaban J connectivity index is 1.87. The molecule has 0 radical (unpaired) electrons. The number of methoxy groups -OCH3 is 1. The molecular weight excluding hydrogens is 336 g/mol. The number of nitrogens with two attached hydrogens (primary N) is 1. The molecule has 0 aliphatic heterocycles. The summed E-state index contributed by atoms with van der Waals surface area (Å²) in [5, 5.41) is 9.05. The molecule has 7 heteroatoms. The number of hydrogen-bond acceptors (Lipinski definition) is 4. The minimum absolute atomic E-state index is 0.123. The first-order valence-electron chi connectivity index (χ1n) is 7.05. The van der Waals surface area contributed by atoms with E-state index in [4.69, 9.17) is 21.5 Å². The van der Waals surface area contributed by atoms with Gasteiger partial charge in [-0.1, -0.05) is 23.7 Å². The number of halogens is 1. The van der Waals surface area contributed by atoms with Crippen molar-refractivity contribution in [3.05, 3.63) is 58.6 Å². The molecule has 23 heavy (non-hydrogen) atoms. The summed E-state index contributed by atoms with van der Waals surface area (Å²) in [6, 6.07) is 12.1. The lowest BCUT2D eigenvalue weighted by atomic mass is 10.1. The van der Waals surface area contributed by atoms with Gasteiger partial charge in [0.25, 0.3) is 0 Å². The number of hydrogen-bond donors (Lipinski definition) is 2. The third-order valence-electron chi connectivity index (χ3n) is 3.40. The van der Waals surface area contributed by atoms with Gasteiger partial charge in [-0.15, -0.1) is 0 Å². The van der Waals surface area contributed by atoms with Gasteiger partial charge in [0.05, 0.1) is 12.0 Å². The first-order chi connectivity index (χ1) is 10.9. The smallest absolute Gasteiger partial charge is 0.238 e. The van der Waals surface area contributed by atoms with Crippen molar-refractivity contribution in [2.75, 3.05) is 13.7 Å². The van der Waals surface area contributed by atoms with Crippen LogP contribution < -0.4 is 15.2 Å². The van der Waals surface area contributed by atoms with Crippen molar-refractivity contribution in [3.8, 4) is 5.75 Å². The number of benzene rings is 2. The van der Waals surface area contributed by atoms with E-state index >= 15 is 0 Å². The molecule has 5 nitrogen and oxygen atoms in total. The third kappa shape index (κ3) is 5.21. The molecule has 3 N–H and O–H groups in total. The van der Waals surface area contributed by atoms with Crippen LogP contribution in [-0.2, 0) is 23.0 Å². The van der Waals surface area contributed by atoms with Crippen LogP contribution in [0.4, 0.5) is 0 Å². The van der Waals surface area contributed by atoms with Crippen LogP contribution in [-0.4, -0.2) is 22.1 Å². The molecule has 0 spiro atoms. The summed E-state index contributed by atoms with van der Waals surface area (Å²) in [4.78, 5) is 0.123. The lowest BCUT2D eigenvalue weighted by Gasteiger charge is -2.10. The number of rotatable bonds is 7. The van der Waals surface area contributed by atoms with Gasteiger partial charge in [-0.2, -0.15) is 0 Å². The van der Waals surface area contributed by atoms with E-state index < -0.39 is 10.0 Å². The highest BCUT2D eigenvalue weighted by molar-refractivity contribution is 7.89. The second kappa shape index (κ2) is 7.79. The summed E-state index contributed by atoms with van der Waals surface area (Å²) in [7, 11) is -2.01. The Kier molecular flexibility index (Phi) is 6.01. The van der Waals surface area contributed by atoms with Crippen LogP contribution in [0.15, 0.2) is 47.4 Å². The Labute approximate surface area is 141 Å². The summed E-state index contributed by atoms with van der Waals surface area (Å²) in [6.07, 6.45) is 0.772. The summed E-state index contributed by atoms with van der Waals surface area (Å²) >= 11 is 5.99. The zero-order valence-electron chi connectivity index (χ0n) is 12.8. The molecule has 2 aromatic rings. The van der Waals surface area contributed by atoms with Crippen LogP contribution in [0, 0.1) is 0 Å². The van der Waals surface area contributed by atoms with E-state index in [1.807, 2.05) is 12.1 Å². The number of nitrogens with one attached hydrogen (secondary N) is 1. The fourth-order valence-corrected chi connectivity index (χ4v) is 2.90. The molecule has 0 aliphatic rings. The maximum absolute atomic E-state index is 11.2. The molecule has 2 aromatic carbocycles. The largest absolute Gasteiger partial charge is 0.496 e. The van der Waals surface area contributed by atoms with Crippen LogP contribution in [0.25, 0.3) is 0 Å². The Morgan fingerprint density at radius 3 is 2.48 bits per heavy atom. The molecule has 2 rings (SSSR count). The predicted molar refractivity (Wildman–Crippen MR) is 91.2 cm³/mol. The van der Waals surface area contributed by atoms with Gasteiger partial charge in [-0.25, -0.2) is 13.6 Å². The standard InChI is InChI=1S/C16H19ClN2O3S/c1-22-16-7-4-14(17)10-13(16)11-19-9-8-12-2-5-15(6-3-12)23(18,20)21/h2-7,10,19H,8-9,11H2,1H3,(H2,18,20,21). The summed E-state index contributed by atoms with van der Waals surface area (Å²) in [6.45, 7) is 1.38. The molecule has 0 fully saturated rings. The number of sulfonamides is 1. The lowest BCUT2D eigenvalue weighted by molar-refractivity contribution is 0.408. The van der Waals surface area contributed by atoms with E-state index in [0.29, 0.717) is 11.6 Å². The SMILES string of the molecule is COc1ccc(Cl)cc1CNCCc1ccc(S(N)(=O)=O)cc1. The van der Waals surface area contributed by atoms with Crippen LogP contribution in [0.3, 0.4) is 0 Å². The van der Waals surface area contributed by atoms with E-state index in [2.05, 4.69) is 5.32 Å². The van der Waals surface area contributed by atoms with Crippen molar-refractivity contribution < 1.29 is 13.2 Å². The number of ether oxygens (including phenoxy) is 1. The van der Waals surface area contributed by atoms with Gasteiger partial charge in [0.1, 0.15) is 5.75 Å². The van der Waals surface area contributed by atoms with Gasteiger partial charge in [0.2, 0.25) is 10.0 Å². The van der Waals surface area contributed by atoms with Crippen LogP contribution in [0.2, 0.25) is 5.02 Å². The average Bonchev–Trinajstić information content (AvgIpc) is 2.51. The second-order valence-corrected chi connectivity index (χ2v) is 7.07. The predicted octanol–water partition coefficient (Wildman–Crippen LogP) is 2.33. The summed E-state index contributed by atoms with van der Waals surface area (Å²) < 4.78 is 27.7. The van der Waals surface area contributed by atoms with E-state index in [-0.39, 0.29) is 4.90 Å². The van der Waals surface area contributed by atoms with Crippen molar-refractivity contribution >= 4 is 21.6 Å². The van der Waals surface area contributed by atoms with Gasteiger partial charge in [-0.3, -0.25) is 0 Å².